The molecule has 0 aliphatic carbocycles. The molecule has 0 bridgehead atoms. The number of ether oxygens (including phenoxy) is 5. The fourth-order valence-electron chi connectivity index (χ4n) is 5.04. The molecule has 1 aliphatic rings. The summed E-state index contributed by atoms with van der Waals surface area (Å²) in [5.74, 6) is 0.489. The summed E-state index contributed by atoms with van der Waals surface area (Å²) in [6.07, 6.45) is 3.70. The third-order valence-electron chi connectivity index (χ3n) is 7.25. The number of hydrazone groups is 1. The summed E-state index contributed by atoms with van der Waals surface area (Å²) in [5.41, 5.74) is 5.85. The van der Waals surface area contributed by atoms with Gasteiger partial charge in [-0.25, -0.2) is 15.0 Å². The maximum atomic E-state index is 12.7. The Labute approximate surface area is 300 Å². The molecule has 0 radical (unpaired) electrons. The zero-order valence-electron chi connectivity index (χ0n) is 28.1. The lowest BCUT2D eigenvalue weighted by Crippen LogP contribution is -2.45. The summed E-state index contributed by atoms with van der Waals surface area (Å²) in [7, 11) is 1.44. The van der Waals surface area contributed by atoms with Gasteiger partial charge < -0.3 is 34.3 Å². The molecule has 0 unspecified atom stereocenters. The molecule has 0 aromatic heterocycles. The van der Waals surface area contributed by atoms with E-state index in [1.807, 2.05) is 13.0 Å². The fourth-order valence-corrected chi connectivity index (χ4v) is 5.50. The lowest BCUT2D eigenvalue weighted by molar-refractivity contribution is -0.139. The van der Waals surface area contributed by atoms with E-state index < -0.39 is 23.9 Å². The molecule has 50 heavy (non-hydrogen) atoms. The molecule has 1 heterocycles. The Bertz CT molecular complexity index is 1810. The van der Waals surface area contributed by atoms with Gasteiger partial charge in [-0.05, 0) is 74.7 Å². The number of allylic oxidation sites excluding steroid dienone is 2. The molecule has 4 rings (SSSR count). The number of rotatable bonds is 16. The summed E-state index contributed by atoms with van der Waals surface area (Å²) in [6, 6.07) is 12.4. The first-order valence-electron chi connectivity index (χ1n) is 15.6. The molecule has 0 saturated carbocycles. The Morgan fingerprint density at radius 2 is 1.78 bits per heavy atom. The van der Waals surface area contributed by atoms with Crippen molar-refractivity contribution in [3.8, 4) is 23.0 Å². The van der Waals surface area contributed by atoms with Crippen molar-refractivity contribution in [3.63, 3.8) is 0 Å². The SMILES string of the molecule is C=CCc1cc(/C=N\NC(=O)COc2ccc([C@H]3NC(=O)NC(C)=C3C(=O)OCC)cc2OC)cc(OCC)c1OCc1ccc(Cl)cc1Cl. The lowest BCUT2D eigenvalue weighted by atomic mass is 9.95. The Morgan fingerprint density at radius 1 is 0.980 bits per heavy atom. The maximum absolute atomic E-state index is 12.7. The number of amides is 3. The van der Waals surface area contributed by atoms with Crippen molar-refractivity contribution in [2.45, 2.75) is 39.8 Å². The standard InChI is InChI=1S/C36H38Cl2N4O8/c1-6-9-24-14-22(15-30(47-7-2)34(24)50-19-25-10-12-26(37)17-27(25)38)18-39-42-31(43)20-49-28-13-11-23(16-29(28)46-5)33-32(35(44)48-8-3)21(4)40-36(45)41-33/h6,10-18,33H,1,7-9,19-20H2,2-5H3,(H,42,43)(H2,40,41,45)/b39-18-/t33-/m1/s1. The minimum absolute atomic E-state index is 0.173. The molecule has 0 spiro atoms. The Morgan fingerprint density at radius 3 is 2.48 bits per heavy atom. The second-order valence-electron chi connectivity index (χ2n) is 10.7. The van der Waals surface area contributed by atoms with Gasteiger partial charge in [0.25, 0.3) is 5.91 Å². The van der Waals surface area contributed by atoms with Crippen LogP contribution in [-0.2, 0) is 27.4 Å². The number of hydrogen-bond acceptors (Lipinski definition) is 9. The van der Waals surface area contributed by atoms with Crippen molar-refractivity contribution < 1.29 is 38.1 Å². The van der Waals surface area contributed by atoms with Gasteiger partial charge >= 0.3 is 12.0 Å². The van der Waals surface area contributed by atoms with Crippen LogP contribution in [0.1, 0.15) is 49.1 Å². The summed E-state index contributed by atoms with van der Waals surface area (Å²) >= 11 is 12.4. The second kappa shape index (κ2) is 18.0. The van der Waals surface area contributed by atoms with E-state index in [4.69, 9.17) is 46.9 Å². The number of hydrogen-bond donors (Lipinski definition) is 3. The quantitative estimate of drug-likeness (QED) is 0.0664. The molecule has 264 valence electrons. The van der Waals surface area contributed by atoms with E-state index in [0.29, 0.717) is 51.4 Å². The highest BCUT2D eigenvalue weighted by Crippen LogP contribution is 2.36. The van der Waals surface area contributed by atoms with Crippen LogP contribution in [0.25, 0.3) is 0 Å². The van der Waals surface area contributed by atoms with Crippen LogP contribution in [0.15, 0.2) is 77.6 Å². The summed E-state index contributed by atoms with van der Waals surface area (Å²) in [5, 5.41) is 10.4. The Hall–Kier alpha value is -5.20. The minimum atomic E-state index is -0.791. The van der Waals surface area contributed by atoms with Gasteiger partial charge in [-0.1, -0.05) is 41.4 Å². The highest BCUT2D eigenvalue weighted by Gasteiger charge is 2.32. The van der Waals surface area contributed by atoms with Gasteiger partial charge in [0.1, 0.15) is 6.61 Å². The van der Waals surface area contributed by atoms with E-state index >= 15 is 0 Å². The van der Waals surface area contributed by atoms with E-state index in [2.05, 4.69) is 27.7 Å². The molecule has 3 aromatic rings. The molecule has 3 amide bonds. The van der Waals surface area contributed by atoms with Gasteiger partial charge in [0.2, 0.25) is 0 Å². The van der Waals surface area contributed by atoms with Gasteiger partial charge in [0.05, 0.1) is 38.2 Å². The fraction of sp³-hybridized carbons (Fsp3) is 0.278. The van der Waals surface area contributed by atoms with E-state index in [9.17, 15) is 14.4 Å². The predicted molar refractivity (Wildman–Crippen MR) is 190 cm³/mol. The number of nitrogens with zero attached hydrogens (tertiary/aromatic N) is 1. The highest BCUT2D eigenvalue weighted by molar-refractivity contribution is 6.35. The van der Waals surface area contributed by atoms with Crippen molar-refractivity contribution in [1.82, 2.24) is 16.1 Å². The molecular formula is C36H38Cl2N4O8. The third kappa shape index (κ3) is 9.70. The van der Waals surface area contributed by atoms with Gasteiger partial charge in [-0.15, -0.1) is 6.58 Å². The molecule has 1 atom stereocenters. The smallest absolute Gasteiger partial charge is 0.338 e. The van der Waals surface area contributed by atoms with Crippen molar-refractivity contribution in [3.05, 3.63) is 105 Å². The van der Waals surface area contributed by atoms with Crippen LogP contribution in [0.2, 0.25) is 10.0 Å². The van der Waals surface area contributed by atoms with Crippen LogP contribution in [0, 0.1) is 0 Å². The predicted octanol–water partition coefficient (Wildman–Crippen LogP) is 6.43. The average Bonchev–Trinajstić information content (AvgIpc) is 3.07. The van der Waals surface area contributed by atoms with Crippen molar-refractivity contribution >= 4 is 47.3 Å². The molecule has 3 aromatic carbocycles. The van der Waals surface area contributed by atoms with Crippen molar-refractivity contribution in [1.29, 1.82) is 0 Å². The van der Waals surface area contributed by atoms with E-state index in [1.54, 1.807) is 62.4 Å². The summed E-state index contributed by atoms with van der Waals surface area (Å²) in [4.78, 5) is 37.5. The zero-order chi connectivity index (χ0) is 36.2. The Kier molecular flexibility index (Phi) is 13.5. The van der Waals surface area contributed by atoms with Gasteiger partial charge in [0.15, 0.2) is 29.6 Å². The van der Waals surface area contributed by atoms with Crippen LogP contribution < -0.4 is 35.0 Å². The zero-order valence-corrected chi connectivity index (χ0v) is 29.6. The third-order valence-corrected chi connectivity index (χ3v) is 7.84. The van der Waals surface area contributed by atoms with Crippen LogP contribution in [0.5, 0.6) is 23.0 Å². The Balaban J connectivity index is 1.43. The molecule has 12 nitrogen and oxygen atoms in total. The van der Waals surface area contributed by atoms with Gasteiger partial charge in [-0.2, -0.15) is 5.10 Å². The number of nitrogens with one attached hydrogen (secondary N) is 3. The highest BCUT2D eigenvalue weighted by atomic mass is 35.5. The number of benzene rings is 3. The van der Waals surface area contributed by atoms with Crippen LogP contribution in [0.4, 0.5) is 4.79 Å². The molecule has 3 N–H and O–H groups in total. The second-order valence-corrected chi connectivity index (χ2v) is 11.6. The summed E-state index contributed by atoms with van der Waals surface area (Å²) in [6.45, 7) is 9.41. The lowest BCUT2D eigenvalue weighted by Gasteiger charge is -2.28. The minimum Gasteiger partial charge on any atom is -0.493 e. The number of esters is 1. The first-order valence-corrected chi connectivity index (χ1v) is 16.4. The van der Waals surface area contributed by atoms with E-state index in [1.165, 1.54) is 13.3 Å². The average molecular weight is 726 g/mol. The molecule has 14 heteroatoms. The van der Waals surface area contributed by atoms with Crippen LogP contribution >= 0.6 is 23.2 Å². The number of halogens is 2. The largest absolute Gasteiger partial charge is 0.493 e. The number of carbonyl (C=O) groups excluding carboxylic acids is 3. The van der Waals surface area contributed by atoms with E-state index in [-0.39, 0.29) is 36.9 Å². The van der Waals surface area contributed by atoms with Crippen molar-refractivity contribution in [2.24, 2.45) is 5.10 Å². The molecule has 0 saturated heterocycles. The van der Waals surface area contributed by atoms with Gasteiger partial charge in [0, 0.05) is 26.9 Å². The van der Waals surface area contributed by atoms with Crippen molar-refractivity contribution in [2.75, 3.05) is 26.9 Å². The topological polar surface area (TPSA) is 146 Å². The molecular weight excluding hydrogens is 687 g/mol. The number of methoxy groups -OCH3 is 1. The van der Waals surface area contributed by atoms with Crippen LogP contribution in [0.3, 0.4) is 0 Å². The number of carbonyl (C=O) groups is 3. The maximum Gasteiger partial charge on any atom is 0.338 e. The number of urea groups is 1. The first-order chi connectivity index (χ1) is 24.1. The van der Waals surface area contributed by atoms with Crippen LogP contribution in [-0.4, -0.2) is 51.1 Å². The van der Waals surface area contributed by atoms with Gasteiger partial charge in [-0.3, -0.25) is 4.79 Å². The molecule has 1 aliphatic heterocycles. The van der Waals surface area contributed by atoms with E-state index in [0.717, 1.165) is 11.1 Å². The first kappa shape index (κ1) is 37.6. The molecule has 0 fully saturated rings. The monoisotopic (exact) mass is 724 g/mol. The summed E-state index contributed by atoms with van der Waals surface area (Å²) < 4.78 is 28.4. The normalized spacial score (nSPS) is 14.0.